The van der Waals surface area contributed by atoms with Crippen molar-refractivity contribution in [2.75, 3.05) is 26.7 Å². The summed E-state index contributed by atoms with van der Waals surface area (Å²) in [7, 11) is 1.06. The first-order valence-corrected chi connectivity index (χ1v) is 12.4. The van der Waals surface area contributed by atoms with Crippen molar-refractivity contribution < 1.29 is 27.2 Å². The molecular formula is C26H31F4N5O2. The van der Waals surface area contributed by atoms with Crippen molar-refractivity contribution in [3.63, 3.8) is 0 Å². The second-order valence-corrected chi connectivity index (χ2v) is 9.97. The molecule has 2 aromatic heterocycles. The summed E-state index contributed by atoms with van der Waals surface area (Å²) in [6, 6.07) is 5.01. The predicted molar refractivity (Wildman–Crippen MR) is 131 cm³/mol. The van der Waals surface area contributed by atoms with E-state index in [4.69, 9.17) is 0 Å². The number of amides is 2. The summed E-state index contributed by atoms with van der Waals surface area (Å²) in [4.78, 5) is 30.6. The summed E-state index contributed by atoms with van der Waals surface area (Å²) in [5.41, 5.74) is 1.25. The highest BCUT2D eigenvalue weighted by Gasteiger charge is 2.33. The van der Waals surface area contributed by atoms with Gasteiger partial charge >= 0.3 is 6.18 Å². The molecule has 3 heterocycles. The molecule has 1 aliphatic rings. The molecule has 7 nitrogen and oxygen atoms in total. The first-order chi connectivity index (χ1) is 17.4. The quantitative estimate of drug-likeness (QED) is 0.442. The third-order valence-corrected chi connectivity index (χ3v) is 6.86. The molecule has 0 radical (unpaired) electrons. The number of benzene rings is 1. The first-order valence-electron chi connectivity index (χ1n) is 12.4. The van der Waals surface area contributed by atoms with E-state index in [1.54, 1.807) is 34.1 Å². The van der Waals surface area contributed by atoms with Gasteiger partial charge in [-0.25, -0.2) is 4.39 Å². The van der Waals surface area contributed by atoms with Gasteiger partial charge in [-0.05, 0) is 42.0 Å². The summed E-state index contributed by atoms with van der Waals surface area (Å²) in [6.45, 7) is 3.91. The van der Waals surface area contributed by atoms with Gasteiger partial charge in [0.2, 0.25) is 5.91 Å². The number of alkyl halides is 3. The van der Waals surface area contributed by atoms with E-state index in [1.165, 1.54) is 6.07 Å². The third-order valence-electron chi connectivity index (χ3n) is 6.86. The summed E-state index contributed by atoms with van der Waals surface area (Å²) in [5, 5.41) is 4.59. The molecule has 37 heavy (non-hydrogen) atoms. The SMILES string of the molecule is CC(C)c1cc([C@@H]2CCCN(C(=O)CCn3cccn3)C2)c(F)c2[nH]c(C(=O)N(C)CC(F)(F)F)cc12. The first kappa shape index (κ1) is 26.7. The second kappa shape index (κ2) is 10.5. The normalized spacial score (nSPS) is 16.5. The van der Waals surface area contributed by atoms with Crippen LogP contribution in [-0.2, 0) is 11.3 Å². The van der Waals surface area contributed by atoms with Crippen LogP contribution in [0.5, 0.6) is 0 Å². The highest BCUT2D eigenvalue weighted by atomic mass is 19.4. The molecule has 1 aromatic carbocycles. The van der Waals surface area contributed by atoms with Gasteiger partial charge in [0, 0.05) is 56.8 Å². The summed E-state index contributed by atoms with van der Waals surface area (Å²) in [6.07, 6.45) is 0.621. The molecule has 200 valence electrons. The number of hydrogen-bond donors (Lipinski definition) is 1. The molecule has 3 aromatic rings. The lowest BCUT2D eigenvalue weighted by molar-refractivity contribution is -0.138. The Kier molecular flexibility index (Phi) is 7.61. The zero-order valence-electron chi connectivity index (χ0n) is 21.1. The highest BCUT2D eigenvalue weighted by Crippen LogP contribution is 2.37. The number of aromatic amines is 1. The molecular weight excluding hydrogens is 490 g/mol. The molecule has 1 N–H and O–H groups in total. The van der Waals surface area contributed by atoms with E-state index < -0.39 is 24.4 Å². The van der Waals surface area contributed by atoms with Crippen molar-refractivity contribution >= 4 is 22.7 Å². The van der Waals surface area contributed by atoms with Crippen LogP contribution in [0.3, 0.4) is 0 Å². The molecule has 11 heteroatoms. The lowest BCUT2D eigenvalue weighted by atomic mass is 9.86. The fraction of sp³-hybridized carbons (Fsp3) is 0.500. The molecule has 0 aliphatic carbocycles. The number of hydrogen-bond acceptors (Lipinski definition) is 3. The van der Waals surface area contributed by atoms with Crippen molar-refractivity contribution in [3.05, 3.63) is 53.2 Å². The average molecular weight is 522 g/mol. The van der Waals surface area contributed by atoms with Crippen molar-refractivity contribution in [2.24, 2.45) is 0 Å². The number of fused-ring (bicyclic) bond motifs is 1. The Morgan fingerprint density at radius 2 is 2.03 bits per heavy atom. The van der Waals surface area contributed by atoms with Gasteiger partial charge in [0.05, 0.1) is 5.52 Å². The van der Waals surface area contributed by atoms with Gasteiger partial charge in [0.25, 0.3) is 5.91 Å². The minimum Gasteiger partial charge on any atom is -0.348 e. The van der Waals surface area contributed by atoms with E-state index in [1.807, 2.05) is 13.8 Å². The monoisotopic (exact) mass is 521 g/mol. The summed E-state index contributed by atoms with van der Waals surface area (Å²) < 4.78 is 55.9. The molecule has 1 fully saturated rings. The Hall–Kier alpha value is -3.37. The van der Waals surface area contributed by atoms with Gasteiger partial charge in [-0.3, -0.25) is 14.3 Å². The minimum atomic E-state index is -4.54. The molecule has 1 atom stereocenters. The lowest BCUT2D eigenvalue weighted by Crippen LogP contribution is -2.39. The Labute approximate surface area is 212 Å². The van der Waals surface area contributed by atoms with Crippen LogP contribution in [-0.4, -0.2) is 69.2 Å². The van der Waals surface area contributed by atoms with Crippen molar-refractivity contribution in [2.45, 2.75) is 57.7 Å². The fourth-order valence-electron chi connectivity index (χ4n) is 5.00. The molecule has 2 amide bonds. The van der Waals surface area contributed by atoms with Crippen LogP contribution >= 0.6 is 0 Å². The Balaban J connectivity index is 1.60. The van der Waals surface area contributed by atoms with E-state index in [-0.39, 0.29) is 29.0 Å². The van der Waals surface area contributed by atoms with Gasteiger partial charge in [-0.15, -0.1) is 0 Å². The Morgan fingerprint density at radius 1 is 1.27 bits per heavy atom. The number of nitrogens with one attached hydrogen (secondary N) is 1. The van der Waals surface area contributed by atoms with Gasteiger partial charge < -0.3 is 14.8 Å². The van der Waals surface area contributed by atoms with Gasteiger partial charge in [0.1, 0.15) is 12.2 Å². The van der Waals surface area contributed by atoms with Gasteiger partial charge in [-0.2, -0.15) is 18.3 Å². The van der Waals surface area contributed by atoms with Crippen molar-refractivity contribution in [3.8, 4) is 0 Å². The third kappa shape index (κ3) is 5.97. The number of aryl methyl sites for hydroxylation is 1. The van der Waals surface area contributed by atoms with Crippen LogP contribution < -0.4 is 0 Å². The molecule has 4 rings (SSSR count). The van der Waals surface area contributed by atoms with Crippen molar-refractivity contribution in [1.82, 2.24) is 24.6 Å². The number of aromatic nitrogens is 3. The van der Waals surface area contributed by atoms with Crippen LogP contribution in [0, 0.1) is 5.82 Å². The Bertz CT molecular complexity index is 1270. The van der Waals surface area contributed by atoms with Crippen LogP contribution in [0.1, 0.15) is 66.6 Å². The topological polar surface area (TPSA) is 74.2 Å². The van der Waals surface area contributed by atoms with Crippen molar-refractivity contribution in [1.29, 1.82) is 0 Å². The molecule has 0 unspecified atom stereocenters. The fourth-order valence-corrected chi connectivity index (χ4v) is 5.00. The minimum absolute atomic E-state index is 0.0220. The van der Waals surface area contributed by atoms with Gasteiger partial charge in [0.15, 0.2) is 5.82 Å². The van der Waals surface area contributed by atoms with Gasteiger partial charge in [-0.1, -0.05) is 19.9 Å². The number of H-pyrrole nitrogens is 1. The number of rotatable bonds is 7. The van der Waals surface area contributed by atoms with E-state index in [2.05, 4.69) is 10.1 Å². The number of likely N-dealkylation sites (tertiary alicyclic amines) is 1. The number of carbonyl (C=O) groups is 2. The molecule has 0 spiro atoms. The maximum Gasteiger partial charge on any atom is 0.406 e. The number of nitrogens with zero attached hydrogens (tertiary/aromatic N) is 4. The van der Waals surface area contributed by atoms with Crippen LogP contribution in [0.4, 0.5) is 17.6 Å². The van der Waals surface area contributed by atoms with E-state index in [9.17, 15) is 22.8 Å². The standard InChI is InChI=1S/C26H31F4N5O2/c1-16(2)18-12-19(17-6-4-9-34(14-17)22(36)7-11-35-10-5-8-31-35)23(27)24-20(18)13-21(32-24)25(37)33(3)15-26(28,29)30/h5,8,10,12-13,16-17,32H,4,6-7,9,11,14-15H2,1-3H3/t17-/m1/s1. The van der Waals surface area contributed by atoms with E-state index in [0.29, 0.717) is 48.3 Å². The summed E-state index contributed by atoms with van der Waals surface area (Å²) in [5.74, 6) is -1.68. The highest BCUT2D eigenvalue weighted by molar-refractivity contribution is 5.99. The van der Waals surface area contributed by atoms with Crippen LogP contribution in [0.15, 0.2) is 30.6 Å². The average Bonchev–Trinajstić information content (AvgIpc) is 3.51. The maximum absolute atomic E-state index is 15.9. The smallest absolute Gasteiger partial charge is 0.348 e. The summed E-state index contributed by atoms with van der Waals surface area (Å²) >= 11 is 0. The lowest BCUT2D eigenvalue weighted by Gasteiger charge is -2.33. The molecule has 0 bridgehead atoms. The number of halogens is 4. The van der Waals surface area contributed by atoms with Crippen LogP contribution in [0.25, 0.3) is 10.9 Å². The Morgan fingerprint density at radius 3 is 2.68 bits per heavy atom. The van der Waals surface area contributed by atoms with E-state index >= 15 is 4.39 Å². The van der Waals surface area contributed by atoms with E-state index in [0.717, 1.165) is 19.0 Å². The zero-order valence-corrected chi connectivity index (χ0v) is 21.1. The number of piperidine rings is 1. The molecule has 1 aliphatic heterocycles. The van der Waals surface area contributed by atoms with Crippen LogP contribution in [0.2, 0.25) is 0 Å². The molecule has 1 saturated heterocycles. The second-order valence-electron chi connectivity index (χ2n) is 9.97. The number of carbonyl (C=O) groups excluding carboxylic acids is 2. The predicted octanol–water partition coefficient (Wildman–Crippen LogP) is 5.06. The maximum atomic E-state index is 15.9. The zero-order chi connectivity index (χ0) is 26.9. The largest absolute Gasteiger partial charge is 0.406 e. The molecule has 0 saturated carbocycles.